The largest absolute Gasteiger partial charge is 0.394 e. The summed E-state index contributed by atoms with van der Waals surface area (Å²) in [4.78, 5) is 24.0. The van der Waals surface area contributed by atoms with Gasteiger partial charge in [-0.1, -0.05) is 0 Å². The maximum absolute atomic E-state index is 14.0. The van der Waals surface area contributed by atoms with Crippen LogP contribution in [0.5, 0.6) is 0 Å². The van der Waals surface area contributed by atoms with Gasteiger partial charge in [0.1, 0.15) is 5.82 Å². The highest BCUT2D eigenvalue weighted by atomic mass is 19.1. The average molecular weight is 309 g/mol. The van der Waals surface area contributed by atoms with Gasteiger partial charge >= 0.3 is 0 Å². The second-order valence-electron chi connectivity index (χ2n) is 5.74. The van der Waals surface area contributed by atoms with Crippen molar-refractivity contribution in [3.05, 3.63) is 28.6 Å². The number of aliphatic hydroxyl groups is 2. The standard InChI is InChI=1S/C16H20FNO4/c1-8-12-4-3-10(5-11(21)7-19)16(22)15(12)14(6-13(8)17)18-9(2)20/h6,10-11,19,21H,3-5,7H2,1-2H3,(H,18,20). The summed E-state index contributed by atoms with van der Waals surface area (Å²) in [7, 11) is 0. The summed E-state index contributed by atoms with van der Waals surface area (Å²) >= 11 is 0. The van der Waals surface area contributed by atoms with Crippen LogP contribution in [-0.4, -0.2) is 34.6 Å². The summed E-state index contributed by atoms with van der Waals surface area (Å²) in [6, 6.07) is 1.16. The Balaban J connectivity index is 2.45. The first-order chi connectivity index (χ1) is 10.3. The molecule has 1 amide bonds. The van der Waals surface area contributed by atoms with Crippen LogP contribution in [0, 0.1) is 18.7 Å². The van der Waals surface area contributed by atoms with E-state index in [1.807, 2.05) is 0 Å². The number of amides is 1. The summed E-state index contributed by atoms with van der Waals surface area (Å²) in [6.07, 6.45) is 0.193. The molecule has 120 valence electrons. The van der Waals surface area contributed by atoms with Gasteiger partial charge in [0.05, 0.1) is 18.4 Å². The molecule has 0 saturated carbocycles. The minimum Gasteiger partial charge on any atom is -0.394 e. The Morgan fingerprint density at radius 3 is 2.82 bits per heavy atom. The monoisotopic (exact) mass is 309 g/mol. The van der Waals surface area contributed by atoms with Crippen molar-refractivity contribution >= 4 is 17.4 Å². The summed E-state index contributed by atoms with van der Waals surface area (Å²) in [6.45, 7) is 2.50. The Morgan fingerprint density at radius 1 is 1.55 bits per heavy atom. The molecule has 1 aliphatic carbocycles. The van der Waals surface area contributed by atoms with E-state index < -0.39 is 24.4 Å². The molecular formula is C16H20FNO4. The highest BCUT2D eigenvalue weighted by Gasteiger charge is 2.33. The van der Waals surface area contributed by atoms with Crippen molar-refractivity contribution in [1.29, 1.82) is 0 Å². The summed E-state index contributed by atoms with van der Waals surface area (Å²) in [5, 5.41) is 21.0. The Labute approximate surface area is 128 Å². The zero-order valence-corrected chi connectivity index (χ0v) is 12.6. The van der Waals surface area contributed by atoms with E-state index >= 15 is 0 Å². The lowest BCUT2D eigenvalue weighted by molar-refractivity contribution is -0.114. The molecule has 0 aliphatic heterocycles. The molecule has 0 aromatic heterocycles. The molecule has 0 heterocycles. The molecule has 1 aromatic rings. The third kappa shape index (κ3) is 3.18. The average Bonchev–Trinajstić information content (AvgIpc) is 2.45. The molecule has 6 heteroatoms. The molecule has 3 N–H and O–H groups in total. The Kier molecular flexibility index (Phi) is 4.93. The zero-order valence-electron chi connectivity index (χ0n) is 12.6. The number of carbonyl (C=O) groups excluding carboxylic acids is 2. The molecule has 0 fully saturated rings. The molecule has 1 aromatic carbocycles. The van der Waals surface area contributed by atoms with E-state index in [-0.39, 0.29) is 23.8 Å². The molecule has 22 heavy (non-hydrogen) atoms. The van der Waals surface area contributed by atoms with E-state index in [1.54, 1.807) is 6.92 Å². The van der Waals surface area contributed by atoms with Crippen molar-refractivity contribution in [3.8, 4) is 0 Å². The van der Waals surface area contributed by atoms with Gasteiger partial charge in [-0.2, -0.15) is 0 Å². The predicted molar refractivity (Wildman–Crippen MR) is 79.3 cm³/mol. The lowest BCUT2D eigenvalue weighted by Crippen LogP contribution is -2.30. The van der Waals surface area contributed by atoms with E-state index in [1.165, 1.54) is 6.92 Å². The minimum atomic E-state index is -0.957. The first kappa shape index (κ1) is 16.6. The van der Waals surface area contributed by atoms with Gasteiger partial charge in [0.15, 0.2) is 5.78 Å². The number of carbonyl (C=O) groups is 2. The number of rotatable bonds is 4. The molecular weight excluding hydrogens is 289 g/mol. The van der Waals surface area contributed by atoms with Crippen LogP contribution >= 0.6 is 0 Å². The van der Waals surface area contributed by atoms with Crippen molar-refractivity contribution in [2.75, 3.05) is 11.9 Å². The maximum Gasteiger partial charge on any atom is 0.221 e. The normalized spacial score (nSPS) is 18.8. The van der Waals surface area contributed by atoms with Gasteiger partial charge < -0.3 is 15.5 Å². The lowest BCUT2D eigenvalue weighted by Gasteiger charge is -2.28. The van der Waals surface area contributed by atoms with Gasteiger partial charge in [0.2, 0.25) is 5.91 Å². The zero-order chi connectivity index (χ0) is 16.4. The van der Waals surface area contributed by atoms with E-state index in [0.717, 1.165) is 6.07 Å². The van der Waals surface area contributed by atoms with E-state index in [0.29, 0.717) is 29.5 Å². The predicted octanol–water partition coefficient (Wildman–Crippen LogP) is 1.58. The van der Waals surface area contributed by atoms with Crippen LogP contribution in [0.2, 0.25) is 0 Å². The quantitative estimate of drug-likeness (QED) is 0.788. The van der Waals surface area contributed by atoms with Crippen molar-refractivity contribution in [2.24, 2.45) is 5.92 Å². The number of hydrogen-bond donors (Lipinski definition) is 3. The molecule has 2 atom stereocenters. The number of nitrogens with one attached hydrogen (secondary N) is 1. The van der Waals surface area contributed by atoms with E-state index in [9.17, 15) is 19.1 Å². The van der Waals surface area contributed by atoms with Crippen LogP contribution in [0.1, 0.15) is 41.3 Å². The Morgan fingerprint density at radius 2 is 2.23 bits per heavy atom. The van der Waals surface area contributed by atoms with Crippen molar-refractivity contribution in [1.82, 2.24) is 0 Å². The van der Waals surface area contributed by atoms with E-state index in [2.05, 4.69) is 5.32 Å². The third-order valence-electron chi connectivity index (χ3n) is 4.09. The molecule has 2 rings (SSSR count). The van der Waals surface area contributed by atoms with Gasteiger partial charge in [0, 0.05) is 18.4 Å². The second kappa shape index (κ2) is 6.54. The number of hydrogen-bond acceptors (Lipinski definition) is 4. The number of anilines is 1. The van der Waals surface area contributed by atoms with Gasteiger partial charge in [0.25, 0.3) is 0 Å². The fourth-order valence-corrected chi connectivity index (χ4v) is 2.97. The molecule has 0 spiro atoms. The Hall–Kier alpha value is -1.79. The first-order valence-electron chi connectivity index (χ1n) is 7.27. The van der Waals surface area contributed by atoms with Gasteiger partial charge in [-0.15, -0.1) is 0 Å². The van der Waals surface area contributed by atoms with E-state index in [4.69, 9.17) is 5.11 Å². The van der Waals surface area contributed by atoms with Crippen LogP contribution in [0.15, 0.2) is 6.07 Å². The highest BCUT2D eigenvalue weighted by Crippen LogP contribution is 2.36. The van der Waals surface area contributed by atoms with Crippen LogP contribution < -0.4 is 5.32 Å². The molecule has 0 bridgehead atoms. The van der Waals surface area contributed by atoms with Crippen molar-refractivity contribution < 1.29 is 24.2 Å². The first-order valence-corrected chi connectivity index (χ1v) is 7.27. The SMILES string of the molecule is CC(=O)Nc1cc(F)c(C)c2c1C(=O)C(CC(O)CO)CC2. The lowest BCUT2D eigenvalue weighted by atomic mass is 9.77. The number of Topliss-reactive ketones (excluding diaryl/α,β-unsaturated/α-hetero) is 1. The topological polar surface area (TPSA) is 86.6 Å². The van der Waals surface area contributed by atoms with Crippen LogP contribution in [0.4, 0.5) is 10.1 Å². The molecule has 0 saturated heterocycles. The number of benzene rings is 1. The molecule has 0 radical (unpaired) electrons. The maximum atomic E-state index is 14.0. The summed E-state index contributed by atoms with van der Waals surface area (Å²) in [5.41, 5.74) is 1.54. The number of ketones is 1. The second-order valence-corrected chi connectivity index (χ2v) is 5.74. The molecule has 2 unspecified atom stereocenters. The van der Waals surface area contributed by atoms with Gasteiger partial charge in [-0.25, -0.2) is 4.39 Å². The third-order valence-corrected chi connectivity index (χ3v) is 4.09. The number of aliphatic hydroxyl groups excluding tert-OH is 2. The van der Waals surface area contributed by atoms with Gasteiger partial charge in [-0.05, 0) is 43.4 Å². The summed E-state index contributed by atoms with van der Waals surface area (Å²) in [5.74, 6) is -1.49. The van der Waals surface area contributed by atoms with Crippen LogP contribution in [-0.2, 0) is 11.2 Å². The fourth-order valence-electron chi connectivity index (χ4n) is 2.97. The highest BCUT2D eigenvalue weighted by molar-refractivity contribution is 6.07. The smallest absolute Gasteiger partial charge is 0.221 e. The fraction of sp³-hybridized carbons (Fsp3) is 0.500. The number of halogens is 1. The molecule has 5 nitrogen and oxygen atoms in total. The number of fused-ring (bicyclic) bond motifs is 1. The van der Waals surface area contributed by atoms with Crippen molar-refractivity contribution in [2.45, 2.75) is 39.2 Å². The van der Waals surface area contributed by atoms with Crippen LogP contribution in [0.3, 0.4) is 0 Å². The van der Waals surface area contributed by atoms with Crippen LogP contribution in [0.25, 0.3) is 0 Å². The Bertz CT molecular complexity index is 615. The van der Waals surface area contributed by atoms with Crippen molar-refractivity contribution in [3.63, 3.8) is 0 Å². The minimum absolute atomic E-state index is 0.157. The molecule has 1 aliphatic rings. The van der Waals surface area contributed by atoms with Gasteiger partial charge in [-0.3, -0.25) is 9.59 Å². The summed E-state index contributed by atoms with van der Waals surface area (Å²) < 4.78 is 14.0.